The van der Waals surface area contributed by atoms with Crippen LogP contribution in [0.25, 0.3) is 11.1 Å². The molecule has 1 aliphatic heterocycles. The third-order valence-corrected chi connectivity index (χ3v) is 8.99. The maximum absolute atomic E-state index is 12.5. The number of hydrogen-bond donors (Lipinski definition) is 3. The highest BCUT2D eigenvalue weighted by molar-refractivity contribution is 5.95. The Morgan fingerprint density at radius 2 is 1.70 bits per heavy atom. The SMILES string of the molecule is CC1(C)C2CCC(COC(=O)C[C@@H]3C[C@@H](COc4ccc(-c5ccc(C(=N)N)cc5)cc4)NC3=O)C1C2. The lowest BCUT2D eigenvalue weighted by Crippen LogP contribution is -2.53. The summed E-state index contributed by atoms with van der Waals surface area (Å²) in [4.78, 5) is 25.0. The van der Waals surface area contributed by atoms with Gasteiger partial charge in [0.15, 0.2) is 0 Å². The van der Waals surface area contributed by atoms with Gasteiger partial charge in [0.05, 0.1) is 25.0 Å². The number of nitrogens with one attached hydrogen (secondary N) is 2. The van der Waals surface area contributed by atoms with Crippen molar-refractivity contribution in [1.82, 2.24) is 5.32 Å². The normalized spacial score (nSPS) is 27.6. The van der Waals surface area contributed by atoms with E-state index in [9.17, 15) is 9.59 Å². The number of ether oxygens (including phenoxy) is 2. The third kappa shape index (κ3) is 5.36. The van der Waals surface area contributed by atoms with Crippen LogP contribution in [-0.2, 0) is 14.3 Å². The third-order valence-electron chi connectivity index (χ3n) is 8.99. The molecule has 0 radical (unpaired) electrons. The average molecular weight is 504 g/mol. The van der Waals surface area contributed by atoms with Crippen molar-refractivity contribution in [2.75, 3.05) is 13.2 Å². The second-order valence-corrected chi connectivity index (χ2v) is 11.5. The van der Waals surface area contributed by atoms with Gasteiger partial charge in [-0.3, -0.25) is 15.0 Å². The first-order chi connectivity index (χ1) is 17.7. The number of carbonyl (C=O) groups is 2. The number of rotatable bonds is 9. The Balaban J connectivity index is 1.06. The molecule has 7 nitrogen and oxygen atoms in total. The summed E-state index contributed by atoms with van der Waals surface area (Å²) in [7, 11) is 0. The maximum Gasteiger partial charge on any atom is 0.306 e. The maximum atomic E-state index is 12.5. The summed E-state index contributed by atoms with van der Waals surface area (Å²) in [6.07, 6.45) is 4.33. The Morgan fingerprint density at radius 1 is 1.03 bits per heavy atom. The van der Waals surface area contributed by atoms with Gasteiger partial charge in [-0.1, -0.05) is 50.2 Å². The van der Waals surface area contributed by atoms with Crippen molar-refractivity contribution in [3.63, 3.8) is 0 Å². The first kappa shape index (κ1) is 25.3. The second-order valence-electron chi connectivity index (χ2n) is 11.5. The predicted octanol–water partition coefficient (Wildman–Crippen LogP) is 4.53. The number of benzene rings is 2. The Kier molecular flexibility index (Phi) is 6.97. The zero-order chi connectivity index (χ0) is 26.2. The van der Waals surface area contributed by atoms with E-state index in [1.54, 1.807) is 0 Å². The van der Waals surface area contributed by atoms with Crippen molar-refractivity contribution in [2.45, 2.75) is 52.0 Å². The van der Waals surface area contributed by atoms with Gasteiger partial charge in [0.25, 0.3) is 0 Å². The average Bonchev–Trinajstić information content (AvgIpc) is 3.25. The lowest BCUT2D eigenvalue weighted by Gasteiger charge is -2.60. The fourth-order valence-corrected chi connectivity index (χ4v) is 6.52. The van der Waals surface area contributed by atoms with Crippen LogP contribution in [0.3, 0.4) is 0 Å². The number of carbonyl (C=O) groups excluding carboxylic acids is 2. The Bertz CT molecular complexity index is 1160. The predicted molar refractivity (Wildman–Crippen MR) is 142 cm³/mol. The lowest BCUT2D eigenvalue weighted by atomic mass is 9.46. The van der Waals surface area contributed by atoms with Crippen LogP contribution in [0, 0.1) is 34.5 Å². The quantitative estimate of drug-likeness (QED) is 0.264. The number of amidine groups is 1. The molecule has 3 aliphatic carbocycles. The van der Waals surface area contributed by atoms with E-state index in [-0.39, 0.29) is 36.1 Å². The van der Waals surface area contributed by atoms with Crippen molar-refractivity contribution >= 4 is 17.7 Å². The van der Waals surface area contributed by atoms with Crippen LogP contribution >= 0.6 is 0 Å². The highest BCUT2D eigenvalue weighted by atomic mass is 16.5. The number of nitrogen functional groups attached to an aromatic ring is 1. The molecule has 3 saturated carbocycles. The van der Waals surface area contributed by atoms with Crippen molar-refractivity contribution < 1.29 is 19.1 Å². The Hall–Kier alpha value is -3.35. The molecule has 4 aliphatic rings. The minimum atomic E-state index is -0.364. The molecule has 196 valence electrons. The van der Waals surface area contributed by atoms with E-state index < -0.39 is 0 Å². The van der Waals surface area contributed by atoms with Gasteiger partial charge < -0.3 is 20.5 Å². The molecule has 6 rings (SSSR count). The molecule has 2 bridgehead atoms. The summed E-state index contributed by atoms with van der Waals surface area (Å²) in [5.41, 5.74) is 8.64. The van der Waals surface area contributed by atoms with E-state index in [0.717, 1.165) is 29.2 Å². The molecule has 1 amide bonds. The smallest absolute Gasteiger partial charge is 0.306 e. The molecule has 2 aromatic rings. The van der Waals surface area contributed by atoms with Crippen LogP contribution < -0.4 is 15.8 Å². The van der Waals surface area contributed by atoms with Crippen LogP contribution in [-0.4, -0.2) is 37.0 Å². The van der Waals surface area contributed by atoms with Crippen molar-refractivity contribution in [3.8, 4) is 16.9 Å². The summed E-state index contributed by atoms with van der Waals surface area (Å²) in [5.74, 6) is 1.96. The monoisotopic (exact) mass is 503 g/mol. The molecule has 37 heavy (non-hydrogen) atoms. The van der Waals surface area contributed by atoms with Gasteiger partial charge >= 0.3 is 5.97 Å². The molecule has 0 aromatic heterocycles. The largest absolute Gasteiger partial charge is 0.491 e. The summed E-state index contributed by atoms with van der Waals surface area (Å²) in [5, 5.41) is 10.5. The fraction of sp³-hybridized carbons (Fsp3) is 0.500. The van der Waals surface area contributed by atoms with Crippen molar-refractivity contribution in [1.29, 1.82) is 5.41 Å². The molecule has 7 heteroatoms. The van der Waals surface area contributed by atoms with E-state index in [0.29, 0.717) is 42.4 Å². The van der Waals surface area contributed by atoms with Gasteiger partial charge in [-0.2, -0.15) is 0 Å². The van der Waals surface area contributed by atoms with Crippen molar-refractivity contribution in [3.05, 3.63) is 54.1 Å². The van der Waals surface area contributed by atoms with Crippen LogP contribution in [0.2, 0.25) is 0 Å². The minimum absolute atomic E-state index is 0.0493. The summed E-state index contributed by atoms with van der Waals surface area (Å²) in [6.45, 7) is 5.52. The molecule has 1 heterocycles. The van der Waals surface area contributed by atoms with Crippen LogP contribution in [0.5, 0.6) is 5.75 Å². The number of hydrogen-bond acceptors (Lipinski definition) is 5. The molecule has 5 atom stereocenters. The van der Waals surface area contributed by atoms with E-state index >= 15 is 0 Å². The van der Waals surface area contributed by atoms with Crippen LogP contribution in [0.15, 0.2) is 48.5 Å². The Labute approximate surface area is 218 Å². The number of nitrogens with two attached hydrogens (primary N) is 1. The van der Waals surface area contributed by atoms with Gasteiger partial charge in [0.1, 0.15) is 18.2 Å². The molecule has 2 aromatic carbocycles. The second kappa shape index (κ2) is 10.2. The first-order valence-corrected chi connectivity index (χ1v) is 13.3. The van der Waals surface area contributed by atoms with Gasteiger partial charge in [0, 0.05) is 5.56 Å². The van der Waals surface area contributed by atoms with Crippen LogP contribution in [0.1, 0.15) is 51.5 Å². The summed E-state index contributed by atoms with van der Waals surface area (Å²) in [6, 6.07) is 15.1. The molecule has 1 saturated heterocycles. The summed E-state index contributed by atoms with van der Waals surface area (Å²) < 4.78 is 11.6. The van der Waals surface area contributed by atoms with Gasteiger partial charge in [-0.15, -0.1) is 0 Å². The number of amides is 1. The van der Waals surface area contributed by atoms with Gasteiger partial charge in [-0.25, -0.2) is 0 Å². The van der Waals surface area contributed by atoms with Gasteiger partial charge in [0.2, 0.25) is 5.91 Å². The molecular formula is C30H37N3O4. The number of fused-ring (bicyclic) bond motifs is 2. The fourth-order valence-electron chi connectivity index (χ4n) is 6.52. The highest BCUT2D eigenvalue weighted by Crippen LogP contribution is 2.61. The zero-order valence-electron chi connectivity index (χ0n) is 21.7. The molecular weight excluding hydrogens is 466 g/mol. The molecule has 4 fully saturated rings. The first-order valence-electron chi connectivity index (χ1n) is 13.3. The summed E-state index contributed by atoms with van der Waals surface area (Å²) >= 11 is 0. The van der Waals surface area contributed by atoms with E-state index in [1.165, 1.54) is 12.8 Å². The van der Waals surface area contributed by atoms with E-state index in [1.807, 2.05) is 48.5 Å². The molecule has 3 unspecified atom stereocenters. The molecule has 0 spiro atoms. The topological polar surface area (TPSA) is 114 Å². The molecule has 4 N–H and O–H groups in total. The zero-order valence-corrected chi connectivity index (χ0v) is 21.7. The standard InChI is InChI=1S/C30H37N3O4/c1-30(2)23-10-7-21(26(30)15-23)16-37-27(34)14-22-13-24(33-29(22)35)17-36-25-11-8-19(9-12-25)18-3-5-20(6-4-18)28(31)32/h3-6,8-9,11-12,21-24,26H,7,10,13-17H2,1-2H3,(H3,31,32)(H,33,35)/t21?,22-,23?,24-,26?/m0/s1. The minimum Gasteiger partial charge on any atom is -0.491 e. The van der Waals surface area contributed by atoms with Gasteiger partial charge in [-0.05, 0) is 72.1 Å². The van der Waals surface area contributed by atoms with Crippen LogP contribution in [0.4, 0.5) is 0 Å². The van der Waals surface area contributed by atoms with Crippen molar-refractivity contribution in [2.24, 2.45) is 34.8 Å². The lowest BCUT2D eigenvalue weighted by molar-refractivity contribution is -0.157. The number of esters is 1. The van der Waals surface area contributed by atoms with E-state index in [2.05, 4.69) is 19.2 Å². The highest BCUT2D eigenvalue weighted by Gasteiger charge is 2.54. The van der Waals surface area contributed by atoms with E-state index in [4.69, 9.17) is 20.6 Å². The Morgan fingerprint density at radius 3 is 2.32 bits per heavy atom.